The highest BCUT2D eigenvalue weighted by Gasteiger charge is 2.10. The summed E-state index contributed by atoms with van der Waals surface area (Å²) in [6, 6.07) is 24.2. The van der Waals surface area contributed by atoms with Crippen LogP contribution in [0.25, 0.3) is 0 Å². The Hall–Kier alpha value is -3.61. The third-order valence-electron chi connectivity index (χ3n) is 4.75. The Morgan fingerprint density at radius 2 is 1.82 bits per heavy atom. The van der Waals surface area contributed by atoms with Gasteiger partial charge < -0.3 is 4.74 Å². The number of para-hydroxylation sites is 1. The maximum atomic E-state index is 12.4. The maximum Gasteiger partial charge on any atom is 0.291 e. The predicted octanol–water partition coefficient (Wildman–Crippen LogP) is 5.58. The molecule has 0 spiro atoms. The van der Waals surface area contributed by atoms with Crippen LogP contribution in [0.4, 0.5) is 0 Å². The monoisotopic (exact) mass is 478 g/mol. The van der Waals surface area contributed by atoms with Crippen molar-refractivity contribution in [2.75, 3.05) is 0 Å². The smallest absolute Gasteiger partial charge is 0.291 e. The van der Waals surface area contributed by atoms with Crippen LogP contribution in [-0.2, 0) is 13.2 Å². The first-order valence-electron chi connectivity index (χ1n) is 10.1. The second-order valence-electron chi connectivity index (χ2n) is 7.15. The third-order valence-corrected chi connectivity index (χ3v) is 5.33. The topological polar surface area (TPSA) is 68.5 Å². The molecule has 33 heavy (non-hydrogen) atoms. The number of benzene rings is 3. The number of hydrazone groups is 1. The molecule has 0 aliphatic heterocycles. The van der Waals surface area contributed by atoms with Crippen LogP contribution < -0.4 is 10.2 Å². The summed E-state index contributed by atoms with van der Waals surface area (Å²) in [5.74, 6) is 0.248. The molecule has 0 saturated heterocycles. The number of aromatic nitrogens is 2. The zero-order valence-electron chi connectivity index (χ0n) is 17.5. The first kappa shape index (κ1) is 22.6. The maximum absolute atomic E-state index is 12.4. The van der Waals surface area contributed by atoms with Crippen LogP contribution in [0, 0.1) is 0 Å². The normalized spacial score (nSPS) is 11.0. The van der Waals surface area contributed by atoms with Crippen molar-refractivity contribution in [3.8, 4) is 5.75 Å². The molecule has 6 nitrogen and oxygen atoms in total. The lowest BCUT2D eigenvalue weighted by atomic mass is 10.2. The van der Waals surface area contributed by atoms with E-state index in [9.17, 15) is 4.79 Å². The molecule has 166 valence electrons. The van der Waals surface area contributed by atoms with E-state index in [2.05, 4.69) is 15.6 Å². The van der Waals surface area contributed by atoms with Crippen molar-refractivity contribution in [1.82, 2.24) is 15.2 Å². The van der Waals surface area contributed by atoms with Gasteiger partial charge in [0.1, 0.15) is 12.4 Å². The summed E-state index contributed by atoms with van der Waals surface area (Å²) < 4.78 is 7.53. The number of hydrogen-bond acceptors (Lipinski definition) is 4. The Kier molecular flexibility index (Phi) is 7.40. The quantitative estimate of drug-likeness (QED) is 0.265. The van der Waals surface area contributed by atoms with E-state index in [1.807, 2.05) is 60.7 Å². The zero-order valence-corrected chi connectivity index (χ0v) is 19.0. The van der Waals surface area contributed by atoms with Crippen molar-refractivity contribution >= 4 is 35.3 Å². The van der Waals surface area contributed by atoms with E-state index in [4.69, 9.17) is 27.9 Å². The van der Waals surface area contributed by atoms with Crippen LogP contribution in [0.2, 0.25) is 10.0 Å². The molecule has 0 fully saturated rings. The van der Waals surface area contributed by atoms with E-state index in [-0.39, 0.29) is 5.69 Å². The summed E-state index contributed by atoms with van der Waals surface area (Å²) in [6.45, 7) is 0.853. The number of carbonyl (C=O) groups is 1. The first-order valence-corrected chi connectivity index (χ1v) is 10.9. The number of amides is 1. The van der Waals surface area contributed by atoms with Gasteiger partial charge in [0, 0.05) is 21.8 Å². The summed E-state index contributed by atoms with van der Waals surface area (Å²) in [5, 5.41) is 9.46. The van der Waals surface area contributed by atoms with Crippen LogP contribution in [0.5, 0.6) is 5.75 Å². The predicted molar refractivity (Wildman–Crippen MR) is 130 cm³/mol. The van der Waals surface area contributed by atoms with Crippen molar-refractivity contribution in [2.24, 2.45) is 5.10 Å². The van der Waals surface area contributed by atoms with Crippen molar-refractivity contribution in [1.29, 1.82) is 0 Å². The summed E-state index contributed by atoms with van der Waals surface area (Å²) in [7, 11) is 0. The molecule has 1 heterocycles. The Morgan fingerprint density at radius 1 is 1.03 bits per heavy atom. The number of ether oxygens (including phenoxy) is 1. The molecule has 1 aromatic heterocycles. The van der Waals surface area contributed by atoms with Gasteiger partial charge in [-0.3, -0.25) is 9.48 Å². The Morgan fingerprint density at radius 3 is 2.64 bits per heavy atom. The van der Waals surface area contributed by atoms with E-state index in [1.54, 1.807) is 35.3 Å². The van der Waals surface area contributed by atoms with E-state index in [0.717, 1.165) is 16.7 Å². The minimum atomic E-state index is -0.421. The van der Waals surface area contributed by atoms with Crippen LogP contribution in [0.3, 0.4) is 0 Å². The van der Waals surface area contributed by atoms with Gasteiger partial charge in [0.25, 0.3) is 5.91 Å². The summed E-state index contributed by atoms with van der Waals surface area (Å²) >= 11 is 12.1. The van der Waals surface area contributed by atoms with Gasteiger partial charge in [-0.2, -0.15) is 10.2 Å². The average molecular weight is 479 g/mol. The number of carbonyl (C=O) groups excluding carboxylic acids is 1. The van der Waals surface area contributed by atoms with E-state index in [0.29, 0.717) is 28.9 Å². The number of hydrogen-bond donors (Lipinski definition) is 1. The zero-order chi connectivity index (χ0) is 23.0. The molecule has 4 aromatic rings. The first-order chi connectivity index (χ1) is 16.1. The molecule has 1 N–H and O–H groups in total. The van der Waals surface area contributed by atoms with Crippen molar-refractivity contribution < 1.29 is 9.53 Å². The summed E-state index contributed by atoms with van der Waals surface area (Å²) in [6.07, 6.45) is 3.25. The lowest BCUT2D eigenvalue weighted by Crippen LogP contribution is -2.18. The molecule has 0 aliphatic carbocycles. The van der Waals surface area contributed by atoms with Crippen LogP contribution in [0.15, 0.2) is 90.2 Å². The van der Waals surface area contributed by atoms with Gasteiger partial charge in [-0.05, 0) is 41.5 Å². The molecule has 0 radical (unpaired) electrons. The van der Waals surface area contributed by atoms with Crippen LogP contribution >= 0.6 is 23.2 Å². The van der Waals surface area contributed by atoms with Gasteiger partial charge in [0.15, 0.2) is 5.69 Å². The molecule has 0 bridgehead atoms. The highest BCUT2D eigenvalue weighted by Crippen LogP contribution is 2.22. The fourth-order valence-electron chi connectivity index (χ4n) is 3.07. The number of nitrogens with one attached hydrogen (secondary N) is 1. The van der Waals surface area contributed by atoms with Crippen LogP contribution in [0.1, 0.15) is 27.2 Å². The molecule has 4 rings (SSSR count). The molecular weight excluding hydrogens is 459 g/mol. The number of nitrogens with zero attached hydrogens (tertiary/aromatic N) is 3. The highest BCUT2D eigenvalue weighted by molar-refractivity contribution is 6.35. The molecular formula is C25H20Cl2N4O2. The fourth-order valence-corrected chi connectivity index (χ4v) is 3.54. The Balaban J connectivity index is 1.36. The number of halogens is 2. The molecule has 1 amide bonds. The van der Waals surface area contributed by atoms with Gasteiger partial charge in [-0.1, -0.05) is 71.7 Å². The lowest BCUT2D eigenvalue weighted by Gasteiger charge is -2.08. The molecule has 8 heteroatoms. The molecule has 0 saturated carbocycles. The highest BCUT2D eigenvalue weighted by atomic mass is 35.5. The van der Waals surface area contributed by atoms with Crippen LogP contribution in [-0.4, -0.2) is 21.9 Å². The molecule has 3 aromatic carbocycles. The molecule has 0 unspecified atom stereocenters. The molecule has 0 aliphatic rings. The van der Waals surface area contributed by atoms with Gasteiger partial charge in [-0.25, -0.2) is 5.43 Å². The van der Waals surface area contributed by atoms with Gasteiger partial charge in [-0.15, -0.1) is 0 Å². The van der Waals surface area contributed by atoms with Crippen molar-refractivity contribution in [3.05, 3.63) is 117 Å². The minimum Gasteiger partial charge on any atom is -0.488 e. The van der Waals surface area contributed by atoms with Gasteiger partial charge >= 0.3 is 0 Å². The third kappa shape index (κ3) is 6.22. The van der Waals surface area contributed by atoms with Crippen molar-refractivity contribution in [3.63, 3.8) is 0 Å². The standard InChI is InChI=1S/C25H20Cl2N4O2/c26-21-11-10-20(22(27)14-21)16-31-13-12-23(30-31)25(32)29-28-15-19-8-4-5-9-24(19)33-17-18-6-2-1-3-7-18/h1-15H,16-17H2,(H,29,32)/b28-15-. The van der Waals surface area contributed by atoms with Crippen molar-refractivity contribution in [2.45, 2.75) is 13.2 Å². The second-order valence-corrected chi connectivity index (χ2v) is 7.99. The number of rotatable bonds is 8. The largest absolute Gasteiger partial charge is 0.488 e. The Labute approximate surface area is 201 Å². The summed E-state index contributed by atoms with van der Waals surface area (Å²) in [5.41, 5.74) is 5.40. The van der Waals surface area contributed by atoms with E-state index < -0.39 is 5.91 Å². The lowest BCUT2D eigenvalue weighted by molar-refractivity contribution is 0.0949. The fraction of sp³-hybridized carbons (Fsp3) is 0.0800. The molecule has 0 atom stereocenters. The van der Waals surface area contributed by atoms with E-state index >= 15 is 0 Å². The average Bonchev–Trinajstić information content (AvgIpc) is 3.30. The Bertz CT molecular complexity index is 1270. The van der Waals surface area contributed by atoms with Gasteiger partial charge in [0.2, 0.25) is 0 Å². The summed E-state index contributed by atoms with van der Waals surface area (Å²) in [4.78, 5) is 12.4. The SMILES string of the molecule is O=C(N/N=C\c1ccccc1OCc1ccccc1)c1ccn(Cc2ccc(Cl)cc2Cl)n1. The van der Waals surface area contributed by atoms with Gasteiger partial charge in [0.05, 0.1) is 12.8 Å². The minimum absolute atomic E-state index is 0.242. The second kappa shape index (κ2) is 10.8. The van der Waals surface area contributed by atoms with E-state index in [1.165, 1.54) is 0 Å².